The number of hydrogen-bond acceptors (Lipinski definition) is 4. The minimum Gasteiger partial charge on any atom is -0.465 e. The molecule has 5 heteroatoms. The Morgan fingerprint density at radius 2 is 2.21 bits per heavy atom. The highest BCUT2D eigenvalue weighted by molar-refractivity contribution is 5.89. The highest BCUT2D eigenvalue weighted by atomic mass is 16.5. The highest BCUT2D eigenvalue weighted by Crippen LogP contribution is 1.96. The van der Waals surface area contributed by atoms with Crippen LogP contribution in [0.1, 0.15) is 17.3 Å². The van der Waals surface area contributed by atoms with E-state index in [1.54, 1.807) is 6.92 Å². The number of nitrogens with zero attached hydrogens (tertiary/aromatic N) is 1. The number of pyridine rings is 1. The summed E-state index contributed by atoms with van der Waals surface area (Å²) in [5.74, 6) is -0.250. The van der Waals surface area contributed by atoms with Crippen LogP contribution in [-0.2, 0) is 4.74 Å². The molecule has 0 spiro atoms. The number of ether oxygens (including phenoxy) is 1. The minimum atomic E-state index is -0.478. The molecule has 0 atom stereocenters. The van der Waals surface area contributed by atoms with Gasteiger partial charge < -0.3 is 4.74 Å². The molecule has 14 heavy (non-hydrogen) atoms. The van der Waals surface area contributed by atoms with Crippen LogP contribution < -0.4 is 5.49 Å². The number of nitrogens with one attached hydrogen (secondary N) is 2. The molecule has 0 amide bonds. The van der Waals surface area contributed by atoms with Gasteiger partial charge in [-0.2, -0.15) is 0 Å². The summed E-state index contributed by atoms with van der Waals surface area (Å²) in [5.41, 5.74) is 0.399. The molecule has 2 N–H and O–H groups in total. The Morgan fingerprint density at radius 3 is 2.64 bits per heavy atom. The van der Waals surface area contributed by atoms with Crippen molar-refractivity contribution in [2.24, 2.45) is 0 Å². The van der Waals surface area contributed by atoms with Gasteiger partial charge in [0.05, 0.1) is 12.7 Å². The van der Waals surface area contributed by atoms with Gasteiger partial charge >= 0.3 is 5.97 Å². The molecule has 1 aromatic rings. The topological polar surface area (TPSA) is 78.9 Å². The van der Waals surface area contributed by atoms with Crippen molar-refractivity contribution in [1.82, 2.24) is 4.57 Å². The zero-order valence-electron chi connectivity index (χ0n) is 8.00. The molecule has 0 saturated heterocycles. The van der Waals surface area contributed by atoms with E-state index in [1.807, 2.05) is 0 Å². The van der Waals surface area contributed by atoms with Gasteiger partial charge in [0, 0.05) is 6.20 Å². The molecule has 5 nitrogen and oxygen atoms in total. The quantitative estimate of drug-likeness (QED) is 0.389. The fraction of sp³-hybridized carbons (Fsp3) is 0.222. The van der Waals surface area contributed by atoms with Crippen molar-refractivity contribution in [2.45, 2.75) is 6.92 Å². The summed E-state index contributed by atoms with van der Waals surface area (Å²) in [7, 11) is 1.29. The Kier molecular flexibility index (Phi) is 2.81. The fourth-order valence-electron chi connectivity index (χ4n) is 1.04. The standard InChI is InChI=1S/C9H11N3O2/c1-6(10)12-4-3-7(5-8(12)11)9(13)14-2/h3-5,10-11H,1-2H3. The van der Waals surface area contributed by atoms with E-state index < -0.39 is 5.97 Å². The second-order valence-corrected chi connectivity index (χ2v) is 2.75. The molecule has 0 aliphatic heterocycles. The van der Waals surface area contributed by atoms with E-state index in [0.29, 0.717) is 5.56 Å². The largest absolute Gasteiger partial charge is 0.465 e. The molecule has 0 bridgehead atoms. The number of hydrogen-bond donors (Lipinski definition) is 2. The summed E-state index contributed by atoms with van der Waals surface area (Å²) in [5, 5.41) is 14.9. The number of esters is 1. The first-order chi connectivity index (χ1) is 6.56. The van der Waals surface area contributed by atoms with Crippen molar-refractivity contribution in [3.63, 3.8) is 0 Å². The number of rotatable bonds is 1. The third kappa shape index (κ3) is 1.87. The molecule has 1 aromatic heterocycles. The van der Waals surface area contributed by atoms with Gasteiger partial charge in [-0.05, 0) is 19.1 Å². The maximum atomic E-state index is 11.1. The summed E-state index contributed by atoms with van der Waals surface area (Å²) in [6.07, 6.45) is 1.50. The molecule has 0 radical (unpaired) electrons. The second kappa shape index (κ2) is 3.87. The van der Waals surface area contributed by atoms with Crippen molar-refractivity contribution in [3.05, 3.63) is 29.4 Å². The minimum absolute atomic E-state index is 0.0837. The molecule has 74 valence electrons. The Bertz CT molecular complexity index is 434. The van der Waals surface area contributed by atoms with Gasteiger partial charge in [0.25, 0.3) is 0 Å². The summed E-state index contributed by atoms with van der Waals surface area (Å²) >= 11 is 0. The molecule has 1 rings (SSSR count). The molecule has 0 aliphatic carbocycles. The molecule has 0 fully saturated rings. The van der Waals surface area contributed by atoms with Gasteiger partial charge in [0.1, 0.15) is 11.3 Å². The van der Waals surface area contributed by atoms with E-state index >= 15 is 0 Å². The second-order valence-electron chi connectivity index (χ2n) is 2.75. The lowest BCUT2D eigenvalue weighted by atomic mass is 10.2. The van der Waals surface area contributed by atoms with E-state index in [1.165, 1.54) is 30.0 Å². The Hall–Kier alpha value is -1.91. The zero-order chi connectivity index (χ0) is 10.7. The van der Waals surface area contributed by atoms with Crippen molar-refractivity contribution in [3.8, 4) is 0 Å². The third-order valence-corrected chi connectivity index (χ3v) is 1.74. The van der Waals surface area contributed by atoms with Crippen LogP contribution in [0.25, 0.3) is 0 Å². The van der Waals surface area contributed by atoms with Crippen molar-refractivity contribution in [2.75, 3.05) is 7.11 Å². The number of aromatic nitrogens is 1. The third-order valence-electron chi connectivity index (χ3n) is 1.74. The Balaban J connectivity index is 3.20. The molecular formula is C9H11N3O2. The monoisotopic (exact) mass is 193 g/mol. The van der Waals surface area contributed by atoms with E-state index in [2.05, 4.69) is 4.74 Å². The van der Waals surface area contributed by atoms with E-state index in [9.17, 15) is 4.79 Å². The van der Waals surface area contributed by atoms with E-state index in [0.717, 1.165) is 0 Å². The van der Waals surface area contributed by atoms with Crippen LogP contribution in [-0.4, -0.2) is 23.5 Å². The van der Waals surface area contributed by atoms with Gasteiger partial charge in [-0.25, -0.2) is 4.79 Å². The van der Waals surface area contributed by atoms with Gasteiger partial charge in [-0.15, -0.1) is 0 Å². The van der Waals surface area contributed by atoms with Gasteiger partial charge in [0.2, 0.25) is 0 Å². The summed E-state index contributed by atoms with van der Waals surface area (Å²) in [6.45, 7) is 1.57. The van der Waals surface area contributed by atoms with Gasteiger partial charge in [-0.3, -0.25) is 15.4 Å². The van der Waals surface area contributed by atoms with Crippen LogP contribution in [0.4, 0.5) is 0 Å². The predicted molar refractivity (Wildman–Crippen MR) is 50.4 cm³/mol. The average molecular weight is 193 g/mol. The SMILES string of the molecule is COC(=O)c1ccn(C(C)=N)c(=N)c1. The maximum absolute atomic E-state index is 11.1. The average Bonchev–Trinajstić information content (AvgIpc) is 2.15. The fourth-order valence-corrected chi connectivity index (χ4v) is 1.04. The number of methoxy groups -OCH3 is 1. The molecule has 0 aromatic carbocycles. The van der Waals surface area contributed by atoms with Crippen LogP contribution in [0.5, 0.6) is 0 Å². The first-order valence-electron chi connectivity index (χ1n) is 3.97. The molecule has 0 saturated carbocycles. The molecule has 1 heterocycles. The van der Waals surface area contributed by atoms with Crippen LogP contribution >= 0.6 is 0 Å². The number of carbonyl (C=O) groups excluding carboxylic acids is 1. The Labute approximate surface area is 81.0 Å². The lowest BCUT2D eigenvalue weighted by molar-refractivity contribution is 0.0600. The van der Waals surface area contributed by atoms with Gasteiger partial charge in [-0.1, -0.05) is 0 Å². The first kappa shape index (κ1) is 10.2. The molecular weight excluding hydrogens is 182 g/mol. The van der Waals surface area contributed by atoms with Crippen LogP contribution in [0.15, 0.2) is 18.3 Å². The highest BCUT2D eigenvalue weighted by Gasteiger charge is 2.05. The van der Waals surface area contributed by atoms with E-state index in [-0.39, 0.29) is 11.3 Å². The number of carbonyl (C=O) groups is 1. The molecule has 0 unspecified atom stereocenters. The lowest BCUT2D eigenvalue weighted by Crippen LogP contribution is -2.24. The normalized spacial score (nSPS) is 9.57. The summed E-state index contributed by atoms with van der Waals surface area (Å²) < 4.78 is 5.86. The van der Waals surface area contributed by atoms with Gasteiger partial charge in [0.15, 0.2) is 0 Å². The Morgan fingerprint density at radius 1 is 1.57 bits per heavy atom. The lowest BCUT2D eigenvalue weighted by Gasteiger charge is -2.04. The summed E-state index contributed by atoms with van der Waals surface area (Å²) in [6, 6.07) is 2.88. The smallest absolute Gasteiger partial charge is 0.338 e. The van der Waals surface area contributed by atoms with Crippen molar-refractivity contribution >= 4 is 11.8 Å². The van der Waals surface area contributed by atoms with Crippen LogP contribution in [0.2, 0.25) is 0 Å². The predicted octanol–water partition coefficient (Wildman–Crippen LogP) is 0.599. The van der Waals surface area contributed by atoms with E-state index in [4.69, 9.17) is 10.8 Å². The van der Waals surface area contributed by atoms with Crippen molar-refractivity contribution < 1.29 is 9.53 Å². The molecule has 0 aliphatic rings. The first-order valence-corrected chi connectivity index (χ1v) is 3.97. The zero-order valence-corrected chi connectivity index (χ0v) is 8.00. The van der Waals surface area contributed by atoms with Crippen LogP contribution in [0.3, 0.4) is 0 Å². The summed E-state index contributed by atoms with van der Waals surface area (Å²) in [4.78, 5) is 11.1. The van der Waals surface area contributed by atoms with Crippen LogP contribution in [0, 0.1) is 10.8 Å². The van der Waals surface area contributed by atoms with Crippen molar-refractivity contribution in [1.29, 1.82) is 10.8 Å². The maximum Gasteiger partial charge on any atom is 0.338 e.